The number of hydrogen-bond acceptors (Lipinski definition) is 7. The fourth-order valence-electron chi connectivity index (χ4n) is 5.94. The summed E-state index contributed by atoms with van der Waals surface area (Å²) in [5.41, 5.74) is 6.03. The summed E-state index contributed by atoms with van der Waals surface area (Å²) in [5, 5.41) is 14.6. The van der Waals surface area contributed by atoms with E-state index in [1.165, 1.54) is 6.07 Å². The Labute approximate surface area is 232 Å². The van der Waals surface area contributed by atoms with Crippen molar-refractivity contribution in [3.63, 3.8) is 0 Å². The van der Waals surface area contributed by atoms with Gasteiger partial charge in [0.1, 0.15) is 12.4 Å². The van der Waals surface area contributed by atoms with Crippen LogP contribution in [0.3, 0.4) is 0 Å². The van der Waals surface area contributed by atoms with Crippen molar-refractivity contribution < 1.29 is 23.8 Å². The average molecular weight is 553 g/mol. The molecule has 0 radical (unpaired) electrons. The summed E-state index contributed by atoms with van der Waals surface area (Å²) in [6.07, 6.45) is 2.49. The van der Waals surface area contributed by atoms with Gasteiger partial charge in [-0.05, 0) is 61.6 Å². The molecule has 2 atom stereocenters. The summed E-state index contributed by atoms with van der Waals surface area (Å²) in [6.45, 7) is 8.86. The van der Waals surface area contributed by atoms with Crippen molar-refractivity contribution in [3.05, 3.63) is 61.7 Å². The number of aromatic nitrogens is 2. The Hall–Kier alpha value is -3.63. The van der Waals surface area contributed by atoms with Gasteiger partial charge in [-0.25, -0.2) is 9.37 Å². The number of aryl methyl sites for hydroxylation is 1. The first-order valence-electron chi connectivity index (χ1n) is 13.9. The van der Waals surface area contributed by atoms with Crippen LogP contribution in [-0.4, -0.2) is 47.2 Å². The third-order valence-electron chi connectivity index (χ3n) is 7.83. The third-order valence-corrected chi connectivity index (χ3v) is 7.83. The second-order valence-corrected chi connectivity index (χ2v) is 9.83. The molecule has 0 saturated heterocycles. The number of benzene rings is 1. The normalized spacial score (nSPS) is 17.8. The van der Waals surface area contributed by atoms with Crippen molar-refractivity contribution in [2.45, 2.75) is 72.1 Å². The average Bonchev–Trinajstić information content (AvgIpc) is 3.33. The number of aliphatic hydroxyl groups is 1. The van der Waals surface area contributed by atoms with Gasteiger partial charge in [0.15, 0.2) is 0 Å². The Bertz CT molecular complexity index is 1510. The molecular formula is C30H37FN4O5. The van der Waals surface area contributed by atoms with Gasteiger partial charge in [-0.15, -0.1) is 0 Å². The van der Waals surface area contributed by atoms with E-state index in [4.69, 9.17) is 14.8 Å². The van der Waals surface area contributed by atoms with Crippen molar-refractivity contribution >= 4 is 23.3 Å². The van der Waals surface area contributed by atoms with Gasteiger partial charge in [-0.2, -0.15) is 0 Å². The van der Waals surface area contributed by atoms with Crippen molar-refractivity contribution in [1.82, 2.24) is 20.2 Å². The van der Waals surface area contributed by atoms with Crippen LogP contribution in [-0.2, 0) is 33.9 Å². The van der Waals surface area contributed by atoms with Crippen LogP contribution in [0.1, 0.15) is 79.0 Å². The summed E-state index contributed by atoms with van der Waals surface area (Å²) in [7, 11) is 1.80. The summed E-state index contributed by atoms with van der Waals surface area (Å²) in [5.74, 6) is -1.13. The fraction of sp³-hybridized carbons (Fsp3) is 0.467. The van der Waals surface area contributed by atoms with Crippen molar-refractivity contribution in [2.24, 2.45) is 0 Å². The van der Waals surface area contributed by atoms with Crippen LogP contribution >= 0.6 is 0 Å². The minimum atomic E-state index is -0.494. The largest absolute Gasteiger partial charge is 0.460 e. The molecule has 3 aliphatic rings. The van der Waals surface area contributed by atoms with E-state index in [1.807, 2.05) is 26.8 Å². The van der Waals surface area contributed by atoms with E-state index in [9.17, 15) is 18.8 Å². The molecule has 0 spiro atoms. The van der Waals surface area contributed by atoms with Crippen LogP contribution in [0.4, 0.5) is 4.39 Å². The predicted octanol–water partition coefficient (Wildman–Crippen LogP) is 3.38. The fourth-order valence-corrected chi connectivity index (χ4v) is 5.94. The number of pyridine rings is 2. The second kappa shape index (κ2) is 12.3. The maximum absolute atomic E-state index is 14.8. The van der Waals surface area contributed by atoms with Crippen LogP contribution in [0.15, 0.2) is 16.9 Å². The number of carbonyl (C=O) groups excluding carboxylic acids is 2. The number of nitrogens with zero attached hydrogens (tertiary/aromatic N) is 2. The Morgan fingerprint density at radius 2 is 1.98 bits per heavy atom. The number of fused-ring (bicyclic) bond motifs is 5. The van der Waals surface area contributed by atoms with E-state index in [0.29, 0.717) is 72.4 Å². The van der Waals surface area contributed by atoms with Gasteiger partial charge in [0, 0.05) is 23.6 Å². The summed E-state index contributed by atoms with van der Waals surface area (Å²) >= 11 is 0. The minimum Gasteiger partial charge on any atom is -0.460 e. The minimum absolute atomic E-state index is 0.0355. The molecule has 4 heterocycles. The second-order valence-electron chi connectivity index (χ2n) is 9.83. The van der Waals surface area contributed by atoms with Crippen molar-refractivity contribution in [3.8, 4) is 11.4 Å². The van der Waals surface area contributed by atoms with Gasteiger partial charge in [-0.1, -0.05) is 20.8 Å². The van der Waals surface area contributed by atoms with Gasteiger partial charge in [0.2, 0.25) is 6.41 Å². The quantitative estimate of drug-likeness (QED) is 0.256. The molecule has 214 valence electrons. The first-order valence-corrected chi connectivity index (χ1v) is 13.9. The molecule has 10 heteroatoms. The zero-order valence-corrected chi connectivity index (χ0v) is 23.7. The van der Waals surface area contributed by atoms with E-state index in [1.54, 1.807) is 18.5 Å². The number of rotatable bonds is 5. The van der Waals surface area contributed by atoms with Gasteiger partial charge in [0.05, 0.1) is 47.6 Å². The van der Waals surface area contributed by atoms with Gasteiger partial charge in [-0.3, -0.25) is 14.4 Å². The standard InChI is InChI=1S/C25H22FN3O4.C3H9NO.C2H6/c1-3-12-14-6-20-23-15(8-29(20)24(31)16(14)9-33-25(12)32)22-18(27-10-30)5-4-13-11(2)17(26)7-19(28-23)21(13)22;1-4-2-3-5;1-2/h6-7,10,12,18H,3-5,8-9H2,1-2H3,(H,27,30);4-5H,2-3H2,1H3;1-2H3. The highest BCUT2D eigenvalue weighted by Crippen LogP contribution is 2.45. The first-order chi connectivity index (χ1) is 19.4. The molecule has 0 saturated carbocycles. The molecule has 2 aromatic heterocycles. The zero-order valence-electron chi connectivity index (χ0n) is 23.7. The SMILES string of the molecule is CC.CCC1C(=O)OCc2c1cc1n(c2=O)Cc2c-1nc1cc(F)c(C)c3c1c2C(NC=O)CC3.CNCCO. The molecule has 0 bridgehead atoms. The first kappa shape index (κ1) is 29.4. The number of nitrogens with one attached hydrogen (secondary N) is 2. The molecule has 3 aromatic rings. The van der Waals surface area contributed by atoms with E-state index in [-0.39, 0.29) is 36.6 Å². The van der Waals surface area contributed by atoms with Gasteiger partial charge < -0.3 is 25.0 Å². The molecule has 1 amide bonds. The maximum atomic E-state index is 14.8. The van der Waals surface area contributed by atoms with Crippen LogP contribution in [0, 0.1) is 12.7 Å². The predicted molar refractivity (Wildman–Crippen MR) is 151 cm³/mol. The highest BCUT2D eigenvalue weighted by molar-refractivity contribution is 5.93. The molecule has 0 fully saturated rings. The van der Waals surface area contributed by atoms with Crippen molar-refractivity contribution in [2.75, 3.05) is 20.2 Å². The molecule has 1 aliphatic carbocycles. The monoisotopic (exact) mass is 552 g/mol. The van der Waals surface area contributed by atoms with E-state index in [2.05, 4.69) is 10.6 Å². The number of esters is 1. The number of halogens is 1. The van der Waals surface area contributed by atoms with Crippen LogP contribution < -0.4 is 16.2 Å². The maximum Gasteiger partial charge on any atom is 0.313 e. The molecule has 3 N–H and O–H groups in total. The molecule has 1 aromatic carbocycles. The van der Waals surface area contributed by atoms with Crippen LogP contribution in [0.5, 0.6) is 0 Å². The summed E-state index contributed by atoms with van der Waals surface area (Å²) in [6, 6.07) is 3.07. The molecule has 6 rings (SSSR count). The van der Waals surface area contributed by atoms with E-state index in [0.717, 1.165) is 22.1 Å². The number of cyclic esters (lactones) is 1. The Morgan fingerprint density at radius 1 is 1.23 bits per heavy atom. The Kier molecular flexibility index (Phi) is 9.00. The number of likely N-dealkylation sites (N-methyl/N-ethyl adjacent to an activating group) is 1. The van der Waals surface area contributed by atoms with Crippen LogP contribution in [0.2, 0.25) is 0 Å². The molecular weight excluding hydrogens is 515 g/mol. The molecule has 9 nitrogen and oxygen atoms in total. The van der Waals surface area contributed by atoms with Gasteiger partial charge >= 0.3 is 5.97 Å². The van der Waals surface area contributed by atoms with E-state index < -0.39 is 5.92 Å². The van der Waals surface area contributed by atoms with Gasteiger partial charge in [0.25, 0.3) is 5.56 Å². The highest BCUT2D eigenvalue weighted by Gasteiger charge is 2.37. The lowest BCUT2D eigenvalue weighted by atomic mass is 9.82. The lowest BCUT2D eigenvalue weighted by Crippen LogP contribution is -2.32. The zero-order chi connectivity index (χ0) is 29.1. The Morgan fingerprint density at radius 3 is 2.60 bits per heavy atom. The third kappa shape index (κ3) is 4.79. The summed E-state index contributed by atoms with van der Waals surface area (Å²) in [4.78, 5) is 42.0. The summed E-state index contributed by atoms with van der Waals surface area (Å²) < 4.78 is 21.7. The number of amides is 1. The van der Waals surface area contributed by atoms with Crippen LogP contribution in [0.25, 0.3) is 22.3 Å². The van der Waals surface area contributed by atoms with E-state index >= 15 is 0 Å². The topological polar surface area (TPSA) is 123 Å². The molecule has 2 unspecified atom stereocenters. The molecule has 40 heavy (non-hydrogen) atoms. The molecule has 2 aliphatic heterocycles. The number of ether oxygens (including phenoxy) is 1. The number of hydrogen-bond donors (Lipinski definition) is 3. The lowest BCUT2D eigenvalue weighted by molar-refractivity contribution is -0.148. The smallest absolute Gasteiger partial charge is 0.313 e. The number of carbonyl (C=O) groups is 2. The van der Waals surface area contributed by atoms with Crippen molar-refractivity contribution in [1.29, 1.82) is 0 Å². The number of aliphatic hydroxyl groups excluding tert-OH is 1. The highest BCUT2D eigenvalue weighted by atomic mass is 19.1. The Balaban J connectivity index is 0.000000479. The lowest BCUT2D eigenvalue weighted by Gasteiger charge is -2.28.